The van der Waals surface area contributed by atoms with Gasteiger partial charge in [-0.05, 0) is 42.5 Å². The molecule has 0 bridgehead atoms. The molecule has 3 rings (SSSR count). The Morgan fingerprint density at radius 3 is 2.52 bits per heavy atom. The molecule has 0 N–H and O–H groups in total. The van der Waals surface area contributed by atoms with E-state index in [0.29, 0.717) is 15.6 Å². The van der Waals surface area contributed by atoms with Crippen molar-refractivity contribution < 1.29 is 0 Å². The van der Waals surface area contributed by atoms with Gasteiger partial charge < -0.3 is 0 Å². The normalized spacial score (nSPS) is 10.7. The Bertz CT molecular complexity index is 913. The molecular weight excluding hydrogens is 419 g/mol. The molecule has 1 aromatic heterocycles. The summed E-state index contributed by atoms with van der Waals surface area (Å²) in [6.07, 6.45) is 1.58. The van der Waals surface area contributed by atoms with Gasteiger partial charge in [0.25, 0.3) is 5.56 Å². The average molecular weight is 428 g/mol. The molecule has 0 saturated heterocycles. The highest BCUT2D eigenvalue weighted by Gasteiger charge is 2.12. The quantitative estimate of drug-likeness (QED) is 0.557. The predicted molar refractivity (Wildman–Crippen MR) is 98.1 cm³/mol. The van der Waals surface area contributed by atoms with Gasteiger partial charge in [-0.1, -0.05) is 57.0 Å². The van der Waals surface area contributed by atoms with Gasteiger partial charge in [0, 0.05) is 14.4 Å². The number of rotatable bonds is 3. The van der Waals surface area contributed by atoms with Gasteiger partial charge in [-0.2, -0.15) is 9.78 Å². The first-order valence-electron chi connectivity index (χ1n) is 6.52. The summed E-state index contributed by atoms with van der Waals surface area (Å²) in [4.78, 5) is 14.0. The average Bonchev–Trinajstić information content (AvgIpc) is 2.54. The first-order chi connectivity index (χ1) is 11.0. The molecule has 0 aliphatic carbocycles. The Balaban J connectivity index is 1.98. The molecule has 0 radical (unpaired) electrons. The van der Waals surface area contributed by atoms with Crippen LogP contribution in [0.1, 0.15) is 0 Å². The van der Waals surface area contributed by atoms with E-state index in [1.54, 1.807) is 30.5 Å². The van der Waals surface area contributed by atoms with Crippen LogP contribution < -0.4 is 5.56 Å². The van der Waals surface area contributed by atoms with E-state index in [0.717, 1.165) is 9.37 Å². The SMILES string of the molecule is O=c1c(Cl)c(Sc2ccc(Br)cc2)cnn1-c1cccc(Cl)c1. The lowest BCUT2D eigenvalue weighted by Gasteiger charge is -2.08. The molecule has 0 spiro atoms. The number of benzene rings is 2. The minimum atomic E-state index is -0.379. The lowest BCUT2D eigenvalue weighted by atomic mass is 10.3. The van der Waals surface area contributed by atoms with Crippen LogP contribution in [0.15, 0.2) is 73.8 Å². The van der Waals surface area contributed by atoms with Crippen molar-refractivity contribution in [1.82, 2.24) is 9.78 Å². The van der Waals surface area contributed by atoms with Crippen molar-refractivity contribution in [2.24, 2.45) is 0 Å². The molecule has 0 aliphatic rings. The van der Waals surface area contributed by atoms with E-state index >= 15 is 0 Å². The fraction of sp³-hybridized carbons (Fsp3) is 0. The number of aromatic nitrogens is 2. The molecule has 3 aromatic rings. The van der Waals surface area contributed by atoms with Gasteiger partial charge in [-0.3, -0.25) is 4.79 Å². The first-order valence-corrected chi connectivity index (χ1v) is 8.88. The third-order valence-electron chi connectivity index (χ3n) is 2.98. The summed E-state index contributed by atoms with van der Waals surface area (Å²) < 4.78 is 2.22. The minimum absolute atomic E-state index is 0.132. The molecule has 0 fully saturated rings. The predicted octanol–water partition coefficient (Wildman–Crippen LogP) is 5.45. The van der Waals surface area contributed by atoms with Crippen molar-refractivity contribution in [2.45, 2.75) is 9.79 Å². The monoisotopic (exact) mass is 426 g/mol. The maximum absolute atomic E-state index is 12.5. The molecule has 0 atom stereocenters. The van der Waals surface area contributed by atoms with E-state index in [9.17, 15) is 4.79 Å². The maximum Gasteiger partial charge on any atom is 0.291 e. The molecule has 116 valence electrons. The second-order valence-electron chi connectivity index (χ2n) is 4.58. The Labute approximate surface area is 155 Å². The second kappa shape index (κ2) is 7.09. The fourth-order valence-corrected chi connectivity index (χ4v) is 3.41. The molecule has 1 heterocycles. The van der Waals surface area contributed by atoms with Crippen molar-refractivity contribution in [2.75, 3.05) is 0 Å². The van der Waals surface area contributed by atoms with Gasteiger partial charge in [0.1, 0.15) is 5.02 Å². The van der Waals surface area contributed by atoms with E-state index in [2.05, 4.69) is 21.0 Å². The Morgan fingerprint density at radius 1 is 1.09 bits per heavy atom. The van der Waals surface area contributed by atoms with Crippen LogP contribution in [0.2, 0.25) is 10.0 Å². The molecule has 0 unspecified atom stereocenters. The number of nitrogens with zero attached hydrogens (tertiary/aromatic N) is 2. The lowest BCUT2D eigenvalue weighted by molar-refractivity contribution is 0.791. The van der Waals surface area contributed by atoms with Crippen LogP contribution in [-0.2, 0) is 0 Å². The van der Waals surface area contributed by atoms with E-state index in [1.807, 2.05) is 24.3 Å². The van der Waals surface area contributed by atoms with Crippen molar-refractivity contribution in [3.8, 4) is 5.69 Å². The molecule has 3 nitrogen and oxygen atoms in total. The molecule has 2 aromatic carbocycles. The smallest absolute Gasteiger partial charge is 0.266 e. The van der Waals surface area contributed by atoms with Gasteiger partial charge in [0.2, 0.25) is 0 Å². The molecule has 23 heavy (non-hydrogen) atoms. The van der Waals surface area contributed by atoms with Crippen molar-refractivity contribution in [3.05, 3.63) is 79.6 Å². The van der Waals surface area contributed by atoms with Crippen LogP contribution in [0.4, 0.5) is 0 Å². The van der Waals surface area contributed by atoms with Crippen molar-refractivity contribution in [1.29, 1.82) is 0 Å². The molecule has 7 heteroatoms. The zero-order chi connectivity index (χ0) is 16.4. The van der Waals surface area contributed by atoms with E-state index in [1.165, 1.54) is 16.4 Å². The number of halogens is 3. The highest BCUT2D eigenvalue weighted by molar-refractivity contribution is 9.10. The molecule has 0 saturated carbocycles. The van der Waals surface area contributed by atoms with Gasteiger partial charge in [0.15, 0.2) is 0 Å². The Morgan fingerprint density at radius 2 is 1.83 bits per heavy atom. The van der Waals surface area contributed by atoms with Crippen molar-refractivity contribution in [3.63, 3.8) is 0 Å². The van der Waals surface area contributed by atoms with Gasteiger partial charge in [-0.25, -0.2) is 0 Å². The van der Waals surface area contributed by atoms with Gasteiger partial charge in [0.05, 0.1) is 16.8 Å². The third kappa shape index (κ3) is 3.80. The van der Waals surface area contributed by atoms with Crippen LogP contribution in [0.3, 0.4) is 0 Å². The Kier molecular flexibility index (Phi) is 5.11. The lowest BCUT2D eigenvalue weighted by Crippen LogP contribution is -2.21. The number of hydrogen-bond donors (Lipinski definition) is 0. The fourth-order valence-electron chi connectivity index (χ4n) is 1.91. The van der Waals surface area contributed by atoms with Gasteiger partial charge >= 0.3 is 0 Å². The topological polar surface area (TPSA) is 34.9 Å². The largest absolute Gasteiger partial charge is 0.291 e. The second-order valence-corrected chi connectivity index (χ2v) is 7.42. The standard InChI is InChI=1S/C16H9BrCl2N2OS/c17-10-4-6-13(7-5-10)23-14-9-20-21(16(22)15(14)19)12-3-1-2-11(18)8-12/h1-9H. The zero-order valence-corrected chi connectivity index (χ0v) is 15.5. The summed E-state index contributed by atoms with van der Waals surface area (Å²) in [5.74, 6) is 0. The van der Waals surface area contributed by atoms with Crippen LogP contribution >= 0.6 is 50.9 Å². The summed E-state index contributed by atoms with van der Waals surface area (Å²) >= 11 is 17.0. The van der Waals surface area contributed by atoms with Crippen LogP contribution in [0.25, 0.3) is 5.69 Å². The summed E-state index contributed by atoms with van der Waals surface area (Å²) in [6, 6.07) is 14.6. The number of hydrogen-bond acceptors (Lipinski definition) is 3. The third-order valence-corrected chi connectivity index (χ3v) is 5.26. The summed E-state index contributed by atoms with van der Waals surface area (Å²) in [6.45, 7) is 0. The van der Waals surface area contributed by atoms with Crippen LogP contribution in [0, 0.1) is 0 Å². The highest BCUT2D eigenvalue weighted by atomic mass is 79.9. The maximum atomic E-state index is 12.5. The summed E-state index contributed by atoms with van der Waals surface area (Å²) in [5.41, 5.74) is 0.195. The van der Waals surface area contributed by atoms with Crippen LogP contribution in [0.5, 0.6) is 0 Å². The van der Waals surface area contributed by atoms with Crippen molar-refractivity contribution >= 4 is 50.9 Å². The molecule has 0 aliphatic heterocycles. The Hall–Kier alpha value is -1.27. The summed E-state index contributed by atoms with van der Waals surface area (Å²) in [7, 11) is 0. The first kappa shape index (κ1) is 16.6. The van der Waals surface area contributed by atoms with E-state index in [4.69, 9.17) is 23.2 Å². The van der Waals surface area contributed by atoms with E-state index in [-0.39, 0.29) is 10.6 Å². The molecular formula is C16H9BrCl2N2OS. The van der Waals surface area contributed by atoms with Crippen LogP contribution in [-0.4, -0.2) is 9.78 Å². The highest BCUT2D eigenvalue weighted by Crippen LogP contribution is 2.31. The minimum Gasteiger partial charge on any atom is -0.266 e. The zero-order valence-electron chi connectivity index (χ0n) is 11.5. The summed E-state index contributed by atoms with van der Waals surface area (Å²) in [5, 5.41) is 4.86. The van der Waals surface area contributed by atoms with E-state index < -0.39 is 0 Å². The molecule has 0 amide bonds. The van der Waals surface area contributed by atoms with Gasteiger partial charge in [-0.15, -0.1) is 0 Å².